The van der Waals surface area contributed by atoms with E-state index in [-0.39, 0.29) is 0 Å². The lowest BCUT2D eigenvalue weighted by molar-refractivity contribution is 0.0970. The monoisotopic (exact) mass is 318 g/mol. The van der Waals surface area contributed by atoms with Crippen molar-refractivity contribution in [1.82, 2.24) is 0 Å². The fourth-order valence-corrected chi connectivity index (χ4v) is 4.26. The molecule has 1 aromatic carbocycles. The van der Waals surface area contributed by atoms with Gasteiger partial charge in [-0.15, -0.1) is 11.8 Å². The minimum absolute atomic E-state index is 0.323. The first kappa shape index (κ1) is 17.6. The number of carbonyl (C=O) groups excluding carboxylic acids is 1. The highest BCUT2D eigenvalue weighted by molar-refractivity contribution is 7.99. The van der Waals surface area contributed by atoms with E-state index in [2.05, 4.69) is 26.0 Å². The molecular weight excluding hydrogens is 288 g/mol. The summed E-state index contributed by atoms with van der Waals surface area (Å²) < 4.78 is 0. The maximum Gasteiger partial charge on any atom is 0.162 e. The Morgan fingerprint density at radius 2 is 1.82 bits per heavy atom. The van der Waals surface area contributed by atoms with Crippen LogP contribution in [0.25, 0.3) is 0 Å². The van der Waals surface area contributed by atoms with Crippen LogP contribution in [-0.2, 0) is 0 Å². The summed E-state index contributed by atoms with van der Waals surface area (Å²) in [7, 11) is 0. The quantitative estimate of drug-likeness (QED) is 0.409. The Labute approximate surface area is 140 Å². The van der Waals surface area contributed by atoms with E-state index in [0.717, 1.165) is 36.0 Å². The molecule has 1 saturated carbocycles. The molecule has 0 atom stereocenters. The predicted molar refractivity (Wildman–Crippen MR) is 96.8 cm³/mol. The summed E-state index contributed by atoms with van der Waals surface area (Å²) in [4.78, 5) is 13.6. The fraction of sp³-hybridized carbons (Fsp3) is 0.650. The zero-order valence-electron chi connectivity index (χ0n) is 14.1. The Kier molecular flexibility index (Phi) is 7.51. The summed E-state index contributed by atoms with van der Waals surface area (Å²) >= 11 is 1.89. The molecule has 0 heterocycles. The average molecular weight is 319 g/mol. The molecular formula is C20H30OS. The van der Waals surface area contributed by atoms with Gasteiger partial charge in [0.1, 0.15) is 0 Å². The van der Waals surface area contributed by atoms with Crippen molar-refractivity contribution in [3.8, 4) is 0 Å². The molecule has 0 saturated heterocycles. The number of carbonyl (C=O) groups is 1. The molecule has 0 aliphatic heterocycles. The molecule has 1 aromatic rings. The maximum absolute atomic E-state index is 12.3. The first-order valence-electron chi connectivity index (χ1n) is 8.91. The molecule has 0 N–H and O–H groups in total. The van der Waals surface area contributed by atoms with Crippen molar-refractivity contribution >= 4 is 17.5 Å². The summed E-state index contributed by atoms with van der Waals surface area (Å²) in [6.07, 6.45) is 9.83. The Morgan fingerprint density at radius 3 is 2.45 bits per heavy atom. The van der Waals surface area contributed by atoms with Gasteiger partial charge in [-0.2, -0.15) is 0 Å². The summed E-state index contributed by atoms with van der Waals surface area (Å²) in [6.45, 7) is 4.52. The second kappa shape index (κ2) is 9.39. The SMILES string of the molecule is CC(C)CCSc1ccc(C(=O)CCC2CCCCC2)cc1. The third-order valence-electron chi connectivity index (χ3n) is 4.64. The number of hydrogen-bond donors (Lipinski definition) is 0. The van der Waals surface area contributed by atoms with E-state index in [0.29, 0.717) is 5.78 Å². The molecule has 0 spiro atoms. The van der Waals surface area contributed by atoms with Crippen LogP contribution in [0.3, 0.4) is 0 Å². The summed E-state index contributed by atoms with van der Waals surface area (Å²) in [5.74, 6) is 3.04. The van der Waals surface area contributed by atoms with Crippen molar-refractivity contribution in [2.75, 3.05) is 5.75 Å². The van der Waals surface area contributed by atoms with Crippen LogP contribution in [0.1, 0.15) is 75.6 Å². The molecule has 0 bridgehead atoms. The average Bonchev–Trinajstić information content (AvgIpc) is 2.54. The molecule has 122 valence electrons. The molecule has 0 unspecified atom stereocenters. The van der Waals surface area contributed by atoms with Crippen LogP contribution in [0.5, 0.6) is 0 Å². The van der Waals surface area contributed by atoms with Gasteiger partial charge in [-0.25, -0.2) is 0 Å². The molecule has 2 rings (SSSR count). The number of rotatable bonds is 8. The Bertz CT molecular complexity index is 443. The van der Waals surface area contributed by atoms with E-state index in [4.69, 9.17) is 0 Å². The van der Waals surface area contributed by atoms with Gasteiger partial charge in [-0.05, 0) is 42.6 Å². The Hall–Kier alpha value is -0.760. The number of benzene rings is 1. The van der Waals surface area contributed by atoms with Crippen LogP contribution >= 0.6 is 11.8 Å². The lowest BCUT2D eigenvalue weighted by Crippen LogP contribution is -2.09. The topological polar surface area (TPSA) is 17.1 Å². The highest BCUT2D eigenvalue weighted by atomic mass is 32.2. The van der Waals surface area contributed by atoms with E-state index in [1.165, 1.54) is 43.4 Å². The molecule has 2 heteroatoms. The highest BCUT2D eigenvalue weighted by Crippen LogP contribution is 2.28. The molecule has 1 fully saturated rings. The molecule has 1 nitrogen and oxygen atoms in total. The lowest BCUT2D eigenvalue weighted by Gasteiger charge is -2.20. The van der Waals surface area contributed by atoms with E-state index in [9.17, 15) is 4.79 Å². The van der Waals surface area contributed by atoms with Crippen molar-refractivity contribution in [3.05, 3.63) is 29.8 Å². The van der Waals surface area contributed by atoms with E-state index in [1.807, 2.05) is 23.9 Å². The predicted octanol–water partition coefficient (Wildman–Crippen LogP) is 6.37. The highest BCUT2D eigenvalue weighted by Gasteiger charge is 2.15. The van der Waals surface area contributed by atoms with Gasteiger partial charge in [0.25, 0.3) is 0 Å². The zero-order valence-corrected chi connectivity index (χ0v) is 15.0. The molecule has 0 aromatic heterocycles. The van der Waals surface area contributed by atoms with E-state index in [1.54, 1.807) is 0 Å². The Morgan fingerprint density at radius 1 is 1.14 bits per heavy atom. The third kappa shape index (κ3) is 6.16. The third-order valence-corrected chi connectivity index (χ3v) is 5.69. The van der Waals surface area contributed by atoms with Crippen molar-refractivity contribution in [1.29, 1.82) is 0 Å². The van der Waals surface area contributed by atoms with Gasteiger partial charge in [0.2, 0.25) is 0 Å². The van der Waals surface area contributed by atoms with Crippen molar-refractivity contribution in [2.24, 2.45) is 11.8 Å². The van der Waals surface area contributed by atoms with Crippen LogP contribution in [0.2, 0.25) is 0 Å². The van der Waals surface area contributed by atoms with Crippen LogP contribution in [0.15, 0.2) is 29.2 Å². The lowest BCUT2D eigenvalue weighted by atomic mass is 9.85. The smallest absolute Gasteiger partial charge is 0.162 e. The van der Waals surface area contributed by atoms with Crippen molar-refractivity contribution in [2.45, 2.75) is 70.1 Å². The first-order chi connectivity index (χ1) is 10.6. The van der Waals surface area contributed by atoms with E-state index < -0.39 is 0 Å². The summed E-state index contributed by atoms with van der Waals surface area (Å²) in [5, 5.41) is 0. The normalized spacial score (nSPS) is 16.1. The standard InChI is InChI=1S/C20H30OS/c1-16(2)14-15-22-19-11-9-18(10-12-19)20(21)13-8-17-6-4-3-5-7-17/h9-12,16-17H,3-8,13-15H2,1-2H3. The van der Waals surface area contributed by atoms with Gasteiger partial charge in [0.15, 0.2) is 5.78 Å². The molecule has 1 aliphatic carbocycles. The Balaban J connectivity index is 1.75. The van der Waals surface area contributed by atoms with Gasteiger partial charge in [-0.1, -0.05) is 58.1 Å². The number of Topliss-reactive ketones (excluding diaryl/α,β-unsaturated/α-hetero) is 1. The van der Waals surface area contributed by atoms with Gasteiger partial charge in [0.05, 0.1) is 0 Å². The minimum Gasteiger partial charge on any atom is -0.294 e. The molecule has 0 radical (unpaired) electrons. The summed E-state index contributed by atoms with van der Waals surface area (Å²) in [5.41, 5.74) is 0.893. The van der Waals surface area contributed by atoms with Crippen molar-refractivity contribution in [3.63, 3.8) is 0 Å². The van der Waals surface area contributed by atoms with Gasteiger partial charge < -0.3 is 0 Å². The molecule has 22 heavy (non-hydrogen) atoms. The molecule has 1 aliphatic rings. The second-order valence-electron chi connectivity index (χ2n) is 7.02. The van der Waals surface area contributed by atoms with E-state index >= 15 is 0 Å². The summed E-state index contributed by atoms with van der Waals surface area (Å²) in [6, 6.07) is 8.25. The van der Waals surface area contributed by atoms with Crippen LogP contribution in [-0.4, -0.2) is 11.5 Å². The van der Waals surface area contributed by atoms with Crippen LogP contribution in [0, 0.1) is 11.8 Å². The number of hydrogen-bond acceptors (Lipinski definition) is 2. The number of ketones is 1. The van der Waals surface area contributed by atoms with Crippen LogP contribution in [0.4, 0.5) is 0 Å². The number of thioether (sulfide) groups is 1. The fourth-order valence-electron chi connectivity index (χ4n) is 3.10. The van der Waals surface area contributed by atoms with Crippen LogP contribution < -0.4 is 0 Å². The second-order valence-corrected chi connectivity index (χ2v) is 8.19. The maximum atomic E-state index is 12.3. The zero-order chi connectivity index (χ0) is 15.8. The minimum atomic E-state index is 0.323. The largest absolute Gasteiger partial charge is 0.294 e. The molecule has 0 amide bonds. The van der Waals surface area contributed by atoms with Gasteiger partial charge in [-0.3, -0.25) is 4.79 Å². The van der Waals surface area contributed by atoms with Gasteiger partial charge >= 0.3 is 0 Å². The first-order valence-corrected chi connectivity index (χ1v) is 9.90. The van der Waals surface area contributed by atoms with Gasteiger partial charge in [0, 0.05) is 16.9 Å². The van der Waals surface area contributed by atoms with Crippen molar-refractivity contribution < 1.29 is 4.79 Å².